The molecule has 8 nitrogen and oxygen atoms in total. The Bertz CT molecular complexity index is 1170. The van der Waals surface area contributed by atoms with Gasteiger partial charge in [-0.2, -0.15) is 0 Å². The van der Waals surface area contributed by atoms with Gasteiger partial charge in [0.15, 0.2) is 5.76 Å². The third kappa shape index (κ3) is 5.27. The molecule has 31 heavy (non-hydrogen) atoms. The third-order valence-corrected chi connectivity index (χ3v) is 4.33. The number of nitrogens with one attached hydrogen (secondary N) is 1. The van der Waals surface area contributed by atoms with Crippen molar-refractivity contribution in [2.24, 2.45) is 0 Å². The summed E-state index contributed by atoms with van der Waals surface area (Å²) in [5.41, 5.74) is 0.857. The number of halogens is 1. The maximum atomic E-state index is 13.0. The molecule has 0 aliphatic rings. The van der Waals surface area contributed by atoms with Crippen molar-refractivity contribution in [3.05, 3.63) is 89.9 Å². The first-order chi connectivity index (χ1) is 15.1. The molecule has 1 amide bonds. The number of rotatable bonds is 8. The summed E-state index contributed by atoms with van der Waals surface area (Å²) in [7, 11) is 1.58. The minimum Gasteiger partial charge on any atom is -0.497 e. The van der Waals surface area contributed by atoms with E-state index in [9.17, 15) is 9.18 Å². The molecule has 0 aliphatic heterocycles. The maximum absolute atomic E-state index is 13.0. The molecule has 0 fully saturated rings. The van der Waals surface area contributed by atoms with E-state index in [2.05, 4.69) is 15.4 Å². The first-order valence-corrected chi connectivity index (χ1v) is 9.40. The third-order valence-electron chi connectivity index (χ3n) is 4.33. The first kappa shape index (κ1) is 20.1. The van der Waals surface area contributed by atoms with Crippen LogP contribution in [0.3, 0.4) is 0 Å². The average molecular weight is 422 g/mol. The molecule has 4 rings (SSSR count). The lowest BCUT2D eigenvalue weighted by Gasteiger charge is -2.06. The number of carbonyl (C=O) groups excluding carboxylic acids is 1. The summed E-state index contributed by atoms with van der Waals surface area (Å²) in [5.74, 6) is 1.26. The number of anilines is 1. The highest BCUT2D eigenvalue weighted by Crippen LogP contribution is 2.20. The molecule has 2 aromatic carbocycles. The second kappa shape index (κ2) is 9.12. The Hall–Kier alpha value is -4.14. The predicted molar refractivity (Wildman–Crippen MR) is 110 cm³/mol. The van der Waals surface area contributed by atoms with Crippen molar-refractivity contribution < 1.29 is 23.1 Å². The minimum atomic E-state index is -0.479. The Balaban J connectivity index is 1.32. The zero-order valence-corrected chi connectivity index (χ0v) is 16.6. The standard InChI is InChI=1S/C22H19FN4O4/c1-29-17-3-2-4-18(11-17)30-13-19-9-10-20(31-19)21(28)25-22-24-14-27(26-22)12-15-5-7-16(23)8-6-15/h2-11,14H,12-13H2,1H3,(H,25,26,28). The fraction of sp³-hybridized carbons (Fsp3) is 0.136. The summed E-state index contributed by atoms with van der Waals surface area (Å²) >= 11 is 0. The summed E-state index contributed by atoms with van der Waals surface area (Å²) in [6.07, 6.45) is 1.48. The summed E-state index contributed by atoms with van der Waals surface area (Å²) in [4.78, 5) is 16.5. The fourth-order valence-electron chi connectivity index (χ4n) is 2.79. The normalized spacial score (nSPS) is 10.6. The van der Waals surface area contributed by atoms with E-state index >= 15 is 0 Å². The van der Waals surface area contributed by atoms with E-state index in [0.717, 1.165) is 5.56 Å². The molecule has 2 heterocycles. The molecule has 158 valence electrons. The van der Waals surface area contributed by atoms with Crippen molar-refractivity contribution in [2.45, 2.75) is 13.2 Å². The van der Waals surface area contributed by atoms with E-state index in [-0.39, 0.29) is 24.1 Å². The molecule has 0 bridgehead atoms. The second-order valence-corrected chi connectivity index (χ2v) is 6.58. The molecule has 9 heteroatoms. The van der Waals surface area contributed by atoms with Crippen molar-refractivity contribution in [3.63, 3.8) is 0 Å². The number of methoxy groups -OCH3 is 1. The Labute approximate surface area is 177 Å². The second-order valence-electron chi connectivity index (χ2n) is 6.58. The molecule has 1 N–H and O–H groups in total. The smallest absolute Gasteiger partial charge is 0.293 e. The van der Waals surface area contributed by atoms with Gasteiger partial charge in [0.25, 0.3) is 5.91 Å². The fourth-order valence-corrected chi connectivity index (χ4v) is 2.79. The van der Waals surface area contributed by atoms with Crippen LogP contribution in [0.15, 0.2) is 71.4 Å². The number of nitrogens with zero attached hydrogens (tertiary/aromatic N) is 3. The van der Waals surface area contributed by atoms with Gasteiger partial charge in [-0.3, -0.25) is 10.1 Å². The van der Waals surface area contributed by atoms with Gasteiger partial charge in [-0.1, -0.05) is 18.2 Å². The highest BCUT2D eigenvalue weighted by molar-refractivity contribution is 6.01. The highest BCUT2D eigenvalue weighted by atomic mass is 19.1. The molecule has 0 saturated carbocycles. The summed E-state index contributed by atoms with van der Waals surface area (Å²) < 4.78 is 30.9. The van der Waals surface area contributed by atoms with Crippen LogP contribution in [0, 0.1) is 5.82 Å². The predicted octanol–water partition coefficient (Wildman–Crippen LogP) is 3.90. The van der Waals surface area contributed by atoms with Crippen LogP contribution in [-0.4, -0.2) is 27.8 Å². The van der Waals surface area contributed by atoms with Crippen molar-refractivity contribution in [1.82, 2.24) is 14.8 Å². The number of ether oxygens (including phenoxy) is 2. The van der Waals surface area contributed by atoms with Gasteiger partial charge in [0.2, 0.25) is 5.95 Å². The summed E-state index contributed by atoms with van der Waals surface area (Å²) in [6, 6.07) is 16.5. The zero-order chi connectivity index (χ0) is 21.6. The lowest BCUT2D eigenvalue weighted by atomic mass is 10.2. The molecule has 0 atom stereocenters. The molecule has 0 unspecified atom stereocenters. The van der Waals surface area contributed by atoms with Crippen LogP contribution in [0.4, 0.5) is 10.3 Å². The lowest BCUT2D eigenvalue weighted by molar-refractivity contribution is 0.0991. The topological polar surface area (TPSA) is 91.4 Å². The van der Waals surface area contributed by atoms with Gasteiger partial charge in [0.1, 0.15) is 36.0 Å². The van der Waals surface area contributed by atoms with Gasteiger partial charge in [-0.25, -0.2) is 14.1 Å². The van der Waals surface area contributed by atoms with Crippen LogP contribution < -0.4 is 14.8 Å². The van der Waals surface area contributed by atoms with Gasteiger partial charge >= 0.3 is 0 Å². The molecule has 0 spiro atoms. The summed E-state index contributed by atoms with van der Waals surface area (Å²) in [5, 5.41) is 6.78. The monoisotopic (exact) mass is 422 g/mol. The molecule has 0 radical (unpaired) electrons. The van der Waals surface area contributed by atoms with Crippen LogP contribution in [0.2, 0.25) is 0 Å². The minimum absolute atomic E-state index is 0.110. The quantitative estimate of drug-likeness (QED) is 0.463. The highest BCUT2D eigenvalue weighted by Gasteiger charge is 2.14. The lowest BCUT2D eigenvalue weighted by Crippen LogP contribution is -2.12. The first-order valence-electron chi connectivity index (χ1n) is 9.40. The van der Waals surface area contributed by atoms with Gasteiger partial charge in [0, 0.05) is 6.07 Å². The van der Waals surface area contributed by atoms with Gasteiger partial charge in [0.05, 0.1) is 13.7 Å². The van der Waals surface area contributed by atoms with Crippen LogP contribution >= 0.6 is 0 Å². The largest absolute Gasteiger partial charge is 0.497 e. The Morgan fingerprint density at radius 3 is 2.74 bits per heavy atom. The molecular formula is C22H19FN4O4. The molecule has 4 aromatic rings. The molecule has 2 aromatic heterocycles. The Kier molecular flexibility index (Phi) is 5.93. The van der Waals surface area contributed by atoms with E-state index in [1.165, 1.54) is 18.5 Å². The SMILES string of the molecule is COc1cccc(OCc2ccc(C(=O)Nc3ncn(Cc4ccc(F)cc4)n3)o2)c1. The van der Waals surface area contributed by atoms with E-state index in [4.69, 9.17) is 13.9 Å². The van der Waals surface area contributed by atoms with Crippen LogP contribution in [0.25, 0.3) is 0 Å². The average Bonchev–Trinajstić information content (AvgIpc) is 3.44. The van der Waals surface area contributed by atoms with Crippen molar-refractivity contribution in [2.75, 3.05) is 12.4 Å². The number of carbonyl (C=O) groups is 1. The number of furan rings is 1. The van der Waals surface area contributed by atoms with E-state index < -0.39 is 5.91 Å². The molecule has 0 aliphatic carbocycles. The maximum Gasteiger partial charge on any atom is 0.293 e. The van der Waals surface area contributed by atoms with Crippen LogP contribution in [-0.2, 0) is 13.2 Å². The van der Waals surface area contributed by atoms with Gasteiger partial charge < -0.3 is 13.9 Å². The van der Waals surface area contributed by atoms with E-state index in [1.54, 1.807) is 48.2 Å². The van der Waals surface area contributed by atoms with Crippen molar-refractivity contribution in [1.29, 1.82) is 0 Å². The Morgan fingerprint density at radius 1 is 1.13 bits per heavy atom. The number of hydrogen-bond donors (Lipinski definition) is 1. The molecule has 0 saturated heterocycles. The van der Waals surface area contributed by atoms with Crippen molar-refractivity contribution >= 4 is 11.9 Å². The van der Waals surface area contributed by atoms with E-state index in [1.807, 2.05) is 12.1 Å². The number of amides is 1. The Morgan fingerprint density at radius 2 is 1.94 bits per heavy atom. The number of aromatic nitrogens is 3. The number of hydrogen-bond acceptors (Lipinski definition) is 6. The molecular weight excluding hydrogens is 403 g/mol. The van der Waals surface area contributed by atoms with Gasteiger partial charge in [-0.15, -0.1) is 5.10 Å². The number of benzene rings is 2. The van der Waals surface area contributed by atoms with Crippen LogP contribution in [0.5, 0.6) is 11.5 Å². The van der Waals surface area contributed by atoms with Crippen LogP contribution in [0.1, 0.15) is 21.9 Å². The van der Waals surface area contributed by atoms with Gasteiger partial charge in [-0.05, 0) is 42.0 Å². The zero-order valence-electron chi connectivity index (χ0n) is 16.6. The summed E-state index contributed by atoms with van der Waals surface area (Å²) in [6.45, 7) is 0.556. The van der Waals surface area contributed by atoms with Crippen molar-refractivity contribution in [3.8, 4) is 11.5 Å². The van der Waals surface area contributed by atoms with E-state index in [0.29, 0.717) is 23.8 Å².